The van der Waals surface area contributed by atoms with Crippen LogP contribution >= 0.6 is 0 Å². The molecular weight excluding hydrogens is 195 g/mol. The van der Waals surface area contributed by atoms with Crippen LogP contribution in [0.2, 0.25) is 0 Å². The number of alkyl halides is 3. The molecule has 2 nitrogen and oxygen atoms in total. The molecule has 0 heterocycles. The Morgan fingerprint density at radius 2 is 2.07 bits per heavy atom. The molecule has 0 aliphatic heterocycles. The summed E-state index contributed by atoms with van der Waals surface area (Å²) in [6.07, 6.45) is -3.09. The minimum absolute atomic E-state index is 0.135. The van der Waals surface area contributed by atoms with Crippen LogP contribution in [0.5, 0.6) is 0 Å². The second-order valence-electron chi connectivity index (χ2n) is 4.10. The first kappa shape index (κ1) is 11.8. The molecule has 1 rings (SSSR count). The van der Waals surface area contributed by atoms with Gasteiger partial charge < -0.3 is 10.8 Å². The molecule has 1 fully saturated rings. The highest BCUT2D eigenvalue weighted by Gasteiger charge is 2.46. The third-order valence-electron chi connectivity index (χ3n) is 2.89. The second kappa shape index (κ2) is 4.06. The first-order chi connectivity index (χ1) is 6.37. The number of rotatable bonds is 2. The van der Waals surface area contributed by atoms with Crippen molar-refractivity contribution in [1.29, 1.82) is 0 Å². The number of hydrogen-bond acceptors (Lipinski definition) is 2. The monoisotopic (exact) mass is 211 g/mol. The van der Waals surface area contributed by atoms with Crippen LogP contribution in [0.25, 0.3) is 0 Å². The van der Waals surface area contributed by atoms with E-state index < -0.39 is 17.7 Å². The Hall–Kier alpha value is -0.290. The van der Waals surface area contributed by atoms with E-state index in [9.17, 15) is 18.3 Å². The van der Waals surface area contributed by atoms with Gasteiger partial charge in [0.1, 0.15) is 0 Å². The molecule has 84 valence electrons. The average Bonchev–Trinajstić information content (AvgIpc) is 2.02. The molecule has 0 spiro atoms. The standard InChI is InChI=1S/C9H16F3NO/c10-9(11,12)7-2-1-3-8(14,6-7)4-5-13/h7,14H,1-6,13H2. The zero-order valence-electron chi connectivity index (χ0n) is 7.98. The van der Waals surface area contributed by atoms with Crippen molar-refractivity contribution in [3.8, 4) is 0 Å². The molecule has 0 aromatic rings. The lowest BCUT2D eigenvalue weighted by Crippen LogP contribution is -2.41. The smallest absolute Gasteiger partial charge is 0.390 e. The molecule has 1 aliphatic rings. The molecule has 0 aromatic heterocycles. The summed E-state index contributed by atoms with van der Waals surface area (Å²) < 4.78 is 37.1. The first-order valence-corrected chi connectivity index (χ1v) is 4.86. The summed E-state index contributed by atoms with van der Waals surface area (Å²) in [4.78, 5) is 0. The lowest BCUT2D eigenvalue weighted by molar-refractivity contribution is -0.200. The van der Waals surface area contributed by atoms with Crippen molar-refractivity contribution in [1.82, 2.24) is 0 Å². The Labute approximate surface area is 81.3 Å². The van der Waals surface area contributed by atoms with E-state index in [1.165, 1.54) is 0 Å². The fourth-order valence-electron chi connectivity index (χ4n) is 2.12. The van der Waals surface area contributed by atoms with E-state index >= 15 is 0 Å². The van der Waals surface area contributed by atoms with Gasteiger partial charge in [-0.25, -0.2) is 0 Å². The molecule has 14 heavy (non-hydrogen) atoms. The quantitative estimate of drug-likeness (QED) is 0.731. The van der Waals surface area contributed by atoms with Gasteiger partial charge in [0.2, 0.25) is 0 Å². The topological polar surface area (TPSA) is 46.2 Å². The highest BCUT2D eigenvalue weighted by Crippen LogP contribution is 2.42. The lowest BCUT2D eigenvalue weighted by atomic mass is 9.76. The summed E-state index contributed by atoms with van der Waals surface area (Å²) in [7, 11) is 0. The summed E-state index contributed by atoms with van der Waals surface area (Å²) >= 11 is 0. The molecule has 2 unspecified atom stereocenters. The predicted octanol–water partition coefficient (Wildman–Crippen LogP) is 1.82. The zero-order chi connectivity index (χ0) is 10.8. The number of hydrogen-bond donors (Lipinski definition) is 2. The van der Waals surface area contributed by atoms with E-state index in [4.69, 9.17) is 5.73 Å². The van der Waals surface area contributed by atoms with Crippen molar-refractivity contribution in [3.63, 3.8) is 0 Å². The van der Waals surface area contributed by atoms with E-state index in [-0.39, 0.29) is 25.8 Å². The molecule has 2 atom stereocenters. The predicted molar refractivity (Wildman–Crippen MR) is 46.6 cm³/mol. The molecule has 5 heteroatoms. The molecule has 1 saturated carbocycles. The van der Waals surface area contributed by atoms with Gasteiger partial charge in [-0.3, -0.25) is 0 Å². The normalized spacial score (nSPS) is 34.5. The Balaban J connectivity index is 2.59. The maximum absolute atomic E-state index is 12.4. The van der Waals surface area contributed by atoms with E-state index in [2.05, 4.69) is 0 Å². The van der Waals surface area contributed by atoms with E-state index in [0.29, 0.717) is 12.8 Å². The Morgan fingerprint density at radius 3 is 2.57 bits per heavy atom. The van der Waals surface area contributed by atoms with Crippen molar-refractivity contribution in [2.24, 2.45) is 11.7 Å². The van der Waals surface area contributed by atoms with Gasteiger partial charge in [0, 0.05) is 0 Å². The van der Waals surface area contributed by atoms with Crippen molar-refractivity contribution in [3.05, 3.63) is 0 Å². The van der Waals surface area contributed by atoms with Gasteiger partial charge in [0.05, 0.1) is 11.5 Å². The lowest BCUT2D eigenvalue weighted by Gasteiger charge is -2.37. The van der Waals surface area contributed by atoms with Crippen LogP contribution in [-0.2, 0) is 0 Å². The van der Waals surface area contributed by atoms with Crippen LogP contribution < -0.4 is 5.73 Å². The van der Waals surface area contributed by atoms with E-state index in [1.54, 1.807) is 0 Å². The Bertz CT molecular complexity index is 191. The largest absolute Gasteiger partial charge is 0.391 e. The summed E-state index contributed by atoms with van der Waals surface area (Å²) in [5, 5.41) is 9.83. The van der Waals surface area contributed by atoms with E-state index in [0.717, 1.165) is 0 Å². The highest BCUT2D eigenvalue weighted by molar-refractivity contribution is 4.88. The SMILES string of the molecule is NCCC1(O)CCCC(C(F)(F)F)C1. The first-order valence-electron chi connectivity index (χ1n) is 4.86. The summed E-state index contributed by atoms with van der Waals surface area (Å²) in [5.41, 5.74) is 4.07. The van der Waals surface area contributed by atoms with Crippen molar-refractivity contribution in [2.45, 2.75) is 43.9 Å². The van der Waals surface area contributed by atoms with Crippen LogP contribution in [0.3, 0.4) is 0 Å². The van der Waals surface area contributed by atoms with Crippen LogP contribution in [0.4, 0.5) is 13.2 Å². The van der Waals surface area contributed by atoms with Gasteiger partial charge in [-0.2, -0.15) is 13.2 Å². The van der Waals surface area contributed by atoms with Crippen molar-refractivity contribution >= 4 is 0 Å². The van der Waals surface area contributed by atoms with Gasteiger partial charge in [0.15, 0.2) is 0 Å². The van der Waals surface area contributed by atoms with Gasteiger partial charge in [-0.05, 0) is 38.6 Å². The molecular formula is C9H16F3NO. The molecule has 3 N–H and O–H groups in total. The fraction of sp³-hybridized carbons (Fsp3) is 1.00. The van der Waals surface area contributed by atoms with E-state index in [1.807, 2.05) is 0 Å². The minimum atomic E-state index is -4.18. The third kappa shape index (κ3) is 2.85. The number of halogens is 3. The molecule has 0 saturated heterocycles. The molecule has 1 aliphatic carbocycles. The summed E-state index contributed by atoms with van der Waals surface area (Å²) in [6, 6.07) is 0. The van der Waals surface area contributed by atoms with Crippen molar-refractivity contribution in [2.75, 3.05) is 6.54 Å². The van der Waals surface area contributed by atoms with Crippen LogP contribution in [-0.4, -0.2) is 23.4 Å². The Morgan fingerprint density at radius 1 is 1.43 bits per heavy atom. The fourth-order valence-corrected chi connectivity index (χ4v) is 2.12. The van der Waals surface area contributed by atoms with Gasteiger partial charge in [-0.15, -0.1) is 0 Å². The molecule has 0 amide bonds. The van der Waals surface area contributed by atoms with Gasteiger partial charge >= 0.3 is 6.18 Å². The van der Waals surface area contributed by atoms with Crippen LogP contribution in [0, 0.1) is 5.92 Å². The molecule has 0 radical (unpaired) electrons. The summed E-state index contributed by atoms with van der Waals surface area (Å²) in [6.45, 7) is 0.237. The maximum Gasteiger partial charge on any atom is 0.391 e. The number of nitrogens with two attached hydrogens (primary N) is 1. The Kier molecular flexibility index (Phi) is 3.42. The number of aliphatic hydroxyl groups is 1. The second-order valence-corrected chi connectivity index (χ2v) is 4.10. The van der Waals surface area contributed by atoms with Crippen molar-refractivity contribution < 1.29 is 18.3 Å². The molecule has 0 bridgehead atoms. The van der Waals surface area contributed by atoms with Gasteiger partial charge in [0.25, 0.3) is 0 Å². The highest BCUT2D eigenvalue weighted by atomic mass is 19.4. The van der Waals surface area contributed by atoms with Gasteiger partial charge in [-0.1, -0.05) is 0 Å². The summed E-state index contributed by atoms with van der Waals surface area (Å²) in [5.74, 6) is -1.35. The third-order valence-corrected chi connectivity index (χ3v) is 2.89. The molecule has 0 aromatic carbocycles. The maximum atomic E-state index is 12.4. The minimum Gasteiger partial charge on any atom is -0.390 e. The zero-order valence-corrected chi connectivity index (χ0v) is 7.98. The van der Waals surface area contributed by atoms with Crippen LogP contribution in [0.15, 0.2) is 0 Å². The average molecular weight is 211 g/mol. The van der Waals surface area contributed by atoms with Crippen LogP contribution in [0.1, 0.15) is 32.1 Å².